The SMILES string of the molecule is CCC(Nc1ncc(C#N)cc1[N+](=O)[O-])c1ncc[nH]1. The van der Waals surface area contributed by atoms with Crippen LogP contribution in [0.5, 0.6) is 0 Å². The van der Waals surface area contributed by atoms with Crippen LogP contribution in [0.4, 0.5) is 11.5 Å². The molecule has 0 saturated heterocycles. The largest absolute Gasteiger partial charge is 0.354 e. The van der Waals surface area contributed by atoms with E-state index in [4.69, 9.17) is 5.26 Å². The predicted molar refractivity (Wildman–Crippen MR) is 70.8 cm³/mol. The maximum absolute atomic E-state index is 11.0. The minimum Gasteiger partial charge on any atom is -0.354 e. The molecule has 0 fully saturated rings. The molecule has 2 aromatic rings. The molecule has 1 atom stereocenters. The summed E-state index contributed by atoms with van der Waals surface area (Å²) in [6, 6.07) is 2.81. The predicted octanol–water partition coefficient (Wildman–Crippen LogP) is 2.15. The lowest BCUT2D eigenvalue weighted by Gasteiger charge is -2.15. The van der Waals surface area contributed by atoms with Crippen LogP contribution in [0.2, 0.25) is 0 Å². The van der Waals surface area contributed by atoms with Gasteiger partial charge in [-0.1, -0.05) is 6.92 Å². The van der Waals surface area contributed by atoms with Gasteiger partial charge >= 0.3 is 5.69 Å². The minimum absolute atomic E-state index is 0.122. The standard InChI is InChI=1S/C12H12N6O2/c1-2-9(11-14-3-4-15-11)17-12-10(18(19)20)5-8(6-13)7-16-12/h3-5,7,9H,2H2,1H3,(H,14,15)(H,16,17). The van der Waals surface area contributed by atoms with Crippen molar-refractivity contribution < 1.29 is 4.92 Å². The monoisotopic (exact) mass is 272 g/mol. The maximum atomic E-state index is 11.0. The lowest BCUT2D eigenvalue weighted by atomic mass is 10.2. The Hall–Kier alpha value is -2.95. The van der Waals surface area contributed by atoms with E-state index in [1.807, 2.05) is 13.0 Å². The number of nitrogens with one attached hydrogen (secondary N) is 2. The van der Waals surface area contributed by atoms with E-state index >= 15 is 0 Å². The Labute approximate surface area is 114 Å². The summed E-state index contributed by atoms with van der Waals surface area (Å²) in [5.74, 6) is 0.796. The molecule has 0 radical (unpaired) electrons. The second kappa shape index (κ2) is 5.79. The first-order valence-corrected chi connectivity index (χ1v) is 5.96. The molecule has 2 aromatic heterocycles. The van der Waals surface area contributed by atoms with Crippen molar-refractivity contribution in [2.45, 2.75) is 19.4 Å². The number of anilines is 1. The summed E-state index contributed by atoms with van der Waals surface area (Å²) in [7, 11) is 0. The summed E-state index contributed by atoms with van der Waals surface area (Å²) in [4.78, 5) is 21.5. The highest BCUT2D eigenvalue weighted by Crippen LogP contribution is 2.27. The molecule has 2 N–H and O–H groups in total. The first kappa shape index (κ1) is 13.5. The fraction of sp³-hybridized carbons (Fsp3) is 0.250. The van der Waals surface area contributed by atoms with E-state index in [1.54, 1.807) is 12.4 Å². The maximum Gasteiger partial charge on any atom is 0.312 e. The summed E-state index contributed by atoms with van der Waals surface area (Å²) in [6.45, 7) is 1.93. The van der Waals surface area contributed by atoms with E-state index < -0.39 is 4.92 Å². The Morgan fingerprint density at radius 3 is 2.95 bits per heavy atom. The van der Waals surface area contributed by atoms with Gasteiger partial charge in [-0.15, -0.1) is 0 Å². The number of rotatable bonds is 5. The third-order valence-electron chi connectivity index (χ3n) is 2.76. The highest BCUT2D eigenvalue weighted by molar-refractivity contribution is 5.58. The number of nitriles is 1. The van der Waals surface area contributed by atoms with Gasteiger partial charge in [0.2, 0.25) is 5.82 Å². The Balaban J connectivity index is 2.33. The average molecular weight is 272 g/mol. The third kappa shape index (κ3) is 2.72. The lowest BCUT2D eigenvalue weighted by molar-refractivity contribution is -0.384. The molecule has 0 aliphatic heterocycles. The van der Waals surface area contributed by atoms with E-state index in [-0.39, 0.29) is 23.1 Å². The van der Waals surface area contributed by atoms with Crippen molar-refractivity contribution in [2.75, 3.05) is 5.32 Å². The quantitative estimate of drug-likeness (QED) is 0.635. The van der Waals surface area contributed by atoms with E-state index in [1.165, 1.54) is 12.3 Å². The zero-order valence-electron chi connectivity index (χ0n) is 10.7. The molecule has 0 aromatic carbocycles. The van der Waals surface area contributed by atoms with Crippen molar-refractivity contribution in [1.82, 2.24) is 15.0 Å². The molecule has 0 spiro atoms. The van der Waals surface area contributed by atoms with E-state index in [0.29, 0.717) is 12.2 Å². The molecule has 2 heterocycles. The first-order valence-electron chi connectivity index (χ1n) is 5.96. The van der Waals surface area contributed by atoms with Crippen molar-refractivity contribution in [2.24, 2.45) is 0 Å². The smallest absolute Gasteiger partial charge is 0.312 e. The molecule has 0 amide bonds. The number of aromatic amines is 1. The number of hydrogen-bond donors (Lipinski definition) is 2. The highest BCUT2D eigenvalue weighted by Gasteiger charge is 2.20. The van der Waals surface area contributed by atoms with Gasteiger partial charge in [-0.05, 0) is 6.42 Å². The molecule has 0 aliphatic carbocycles. The van der Waals surface area contributed by atoms with Gasteiger partial charge in [0.1, 0.15) is 11.9 Å². The van der Waals surface area contributed by atoms with Crippen LogP contribution in [-0.2, 0) is 0 Å². The highest BCUT2D eigenvalue weighted by atomic mass is 16.6. The van der Waals surface area contributed by atoms with Gasteiger partial charge in [0, 0.05) is 24.7 Å². The average Bonchev–Trinajstić information content (AvgIpc) is 2.98. The van der Waals surface area contributed by atoms with Crippen LogP contribution in [0.1, 0.15) is 30.8 Å². The van der Waals surface area contributed by atoms with Crippen molar-refractivity contribution in [1.29, 1.82) is 5.26 Å². The summed E-state index contributed by atoms with van der Waals surface area (Å²) in [5.41, 5.74) is -0.0812. The number of H-pyrrole nitrogens is 1. The molecular formula is C12H12N6O2. The number of nitro groups is 1. The van der Waals surface area contributed by atoms with Gasteiger partial charge in [0.05, 0.1) is 16.5 Å². The van der Waals surface area contributed by atoms with Gasteiger partial charge in [0.25, 0.3) is 0 Å². The Kier molecular flexibility index (Phi) is 3.91. The second-order valence-corrected chi connectivity index (χ2v) is 4.04. The van der Waals surface area contributed by atoms with Gasteiger partial charge in [-0.25, -0.2) is 9.97 Å². The molecule has 0 bridgehead atoms. The molecule has 2 rings (SSSR count). The van der Waals surface area contributed by atoms with Gasteiger partial charge < -0.3 is 10.3 Å². The summed E-state index contributed by atoms with van der Waals surface area (Å²) in [5, 5.41) is 22.8. The molecule has 20 heavy (non-hydrogen) atoms. The van der Waals surface area contributed by atoms with Crippen LogP contribution >= 0.6 is 0 Å². The number of aromatic nitrogens is 3. The summed E-state index contributed by atoms with van der Waals surface area (Å²) >= 11 is 0. The Morgan fingerprint density at radius 1 is 1.60 bits per heavy atom. The Morgan fingerprint density at radius 2 is 2.40 bits per heavy atom. The summed E-state index contributed by atoms with van der Waals surface area (Å²) in [6.07, 6.45) is 5.26. The van der Waals surface area contributed by atoms with Crippen LogP contribution < -0.4 is 5.32 Å². The van der Waals surface area contributed by atoms with Crippen LogP contribution in [0.25, 0.3) is 0 Å². The molecule has 8 nitrogen and oxygen atoms in total. The number of hydrogen-bond acceptors (Lipinski definition) is 6. The van der Waals surface area contributed by atoms with Crippen LogP contribution in [0, 0.1) is 21.4 Å². The zero-order chi connectivity index (χ0) is 14.5. The van der Waals surface area contributed by atoms with E-state index in [0.717, 1.165) is 0 Å². The van der Waals surface area contributed by atoms with Gasteiger partial charge in [-0.2, -0.15) is 5.26 Å². The molecule has 0 saturated carbocycles. The van der Waals surface area contributed by atoms with Crippen molar-refractivity contribution >= 4 is 11.5 Å². The van der Waals surface area contributed by atoms with Crippen LogP contribution in [0.15, 0.2) is 24.7 Å². The second-order valence-electron chi connectivity index (χ2n) is 4.04. The Bertz CT molecular complexity index is 646. The fourth-order valence-electron chi connectivity index (χ4n) is 1.76. The zero-order valence-corrected chi connectivity index (χ0v) is 10.7. The fourth-order valence-corrected chi connectivity index (χ4v) is 1.76. The van der Waals surface area contributed by atoms with Crippen LogP contribution in [-0.4, -0.2) is 19.9 Å². The number of imidazole rings is 1. The lowest BCUT2D eigenvalue weighted by Crippen LogP contribution is -2.13. The molecule has 0 aliphatic rings. The van der Waals surface area contributed by atoms with Crippen LogP contribution in [0.3, 0.4) is 0 Å². The summed E-state index contributed by atoms with van der Waals surface area (Å²) < 4.78 is 0. The molecule has 102 valence electrons. The van der Waals surface area contributed by atoms with E-state index in [2.05, 4.69) is 20.3 Å². The van der Waals surface area contributed by atoms with E-state index in [9.17, 15) is 10.1 Å². The molecule has 1 unspecified atom stereocenters. The minimum atomic E-state index is -0.564. The molecule has 8 heteroatoms. The van der Waals surface area contributed by atoms with Crippen molar-refractivity contribution in [3.8, 4) is 6.07 Å². The number of nitrogens with zero attached hydrogens (tertiary/aromatic N) is 4. The number of pyridine rings is 1. The van der Waals surface area contributed by atoms with Gasteiger partial charge in [0.15, 0.2) is 0 Å². The first-order chi connectivity index (χ1) is 9.65. The van der Waals surface area contributed by atoms with Crippen molar-refractivity contribution in [3.05, 3.63) is 46.2 Å². The van der Waals surface area contributed by atoms with Crippen molar-refractivity contribution in [3.63, 3.8) is 0 Å². The third-order valence-corrected chi connectivity index (χ3v) is 2.76. The van der Waals surface area contributed by atoms with Gasteiger partial charge in [-0.3, -0.25) is 10.1 Å². The topological polar surface area (TPSA) is 121 Å². The molecular weight excluding hydrogens is 260 g/mol. The normalized spacial score (nSPS) is 11.6.